The Balaban J connectivity index is 2.65. The Morgan fingerprint density at radius 3 is 2.81 bits per heavy atom. The highest BCUT2D eigenvalue weighted by atomic mass is 35.5. The van der Waals surface area contributed by atoms with Gasteiger partial charge in [0.1, 0.15) is 5.75 Å². The zero-order valence-corrected chi connectivity index (χ0v) is 10.3. The molecule has 4 heteroatoms. The number of anilines is 1. The predicted molar refractivity (Wildman–Crippen MR) is 66.3 cm³/mol. The average molecular weight is 242 g/mol. The number of benzene rings is 1. The first-order chi connectivity index (χ1) is 7.65. The molecule has 0 bridgehead atoms. The first-order valence-electron chi connectivity index (χ1n) is 5.17. The zero-order chi connectivity index (χ0) is 12.0. The zero-order valence-electron chi connectivity index (χ0n) is 9.55. The molecule has 16 heavy (non-hydrogen) atoms. The quantitative estimate of drug-likeness (QED) is 0.805. The van der Waals surface area contributed by atoms with Crippen LogP contribution in [0, 0.1) is 6.92 Å². The van der Waals surface area contributed by atoms with Gasteiger partial charge in [-0.05, 0) is 31.0 Å². The summed E-state index contributed by atoms with van der Waals surface area (Å²) in [5, 5.41) is 2.81. The normalized spacial score (nSPS) is 9.94. The van der Waals surface area contributed by atoms with Crippen LogP contribution in [0.15, 0.2) is 18.2 Å². The lowest BCUT2D eigenvalue weighted by atomic mass is 10.2. The Morgan fingerprint density at radius 2 is 2.19 bits per heavy atom. The van der Waals surface area contributed by atoms with Crippen LogP contribution in [0.25, 0.3) is 0 Å². The molecule has 0 aliphatic carbocycles. The monoisotopic (exact) mass is 241 g/mol. The summed E-state index contributed by atoms with van der Waals surface area (Å²) in [4.78, 5) is 11.5. The highest BCUT2D eigenvalue weighted by Gasteiger charge is 2.03. The molecule has 1 aromatic carbocycles. The van der Waals surface area contributed by atoms with Crippen molar-refractivity contribution in [3.8, 4) is 5.75 Å². The molecule has 0 saturated heterocycles. The van der Waals surface area contributed by atoms with Gasteiger partial charge in [0.25, 0.3) is 0 Å². The molecule has 0 saturated carbocycles. The number of alkyl halides is 1. The standard InChI is InChI=1S/C12H16ClNO2/c1-9-6-10(8-11(7-9)16-2)14-12(15)4-3-5-13/h6-8H,3-5H2,1-2H3,(H,14,15). The van der Waals surface area contributed by atoms with Crippen molar-refractivity contribution in [3.63, 3.8) is 0 Å². The van der Waals surface area contributed by atoms with Gasteiger partial charge in [-0.25, -0.2) is 0 Å². The van der Waals surface area contributed by atoms with Crippen molar-refractivity contribution in [1.82, 2.24) is 0 Å². The van der Waals surface area contributed by atoms with Gasteiger partial charge < -0.3 is 10.1 Å². The number of ether oxygens (including phenoxy) is 1. The number of nitrogens with one attached hydrogen (secondary N) is 1. The van der Waals surface area contributed by atoms with E-state index >= 15 is 0 Å². The molecule has 3 nitrogen and oxygen atoms in total. The molecule has 0 radical (unpaired) electrons. The molecular formula is C12H16ClNO2. The van der Waals surface area contributed by atoms with Crippen LogP contribution in [0.3, 0.4) is 0 Å². The van der Waals surface area contributed by atoms with Crippen LogP contribution in [0.2, 0.25) is 0 Å². The Morgan fingerprint density at radius 1 is 1.44 bits per heavy atom. The molecule has 1 aromatic rings. The molecule has 88 valence electrons. The van der Waals surface area contributed by atoms with E-state index in [0.29, 0.717) is 18.7 Å². The third kappa shape index (κ3) is 4.11. The van der Waals surface area contributed by atoms with Crippen LogP contribution >= 0.6 is 11.6 Å². The molecule has 0 spiro atoms. The summed E-state index contributed by atoms with van der Waals surface area (Å²) in [6.45, 7) is 1.96. The lowest BCUT2D eigenvalue weighted by Gasteiger charge is -2.08. The fraction of sp³-hybridized carbons (Fsp3) is 0.417. The summed E-state index contributed by atoms with van der Waals surface area (Å²) < 4.78 is 5.13. The van der Waals surface area contributed by atoms with Gasteiger partial charge in [-0.2, -0.15) is 0 Å². The van der Waals surface area contributed by atoms with Crippen LogP contribution in [0.4, 0.5) is 5.69 Å². The minimum absolute atomic E-state index is 0.0201. The van der Waals surface area contributed by atoms with Crippen LogP contribution in [-0.4, -0.2) is 18.9 Å². The highest BCUT2D eigenvalue weighted by Crippen LogP contribution is 2.20. The van der Waals surface area contributed by atoms with Crippen molar-refractivity contribution in [2.45, 2.75) is 19.8 Å². The third-order valence-corrected chi connectivity index (χ3v) is 2.38. The Bertz CT molecular complexity index is 366. The summed E-state index contributed by atoms with van der Waals surface area (Å²) in [5.74, 6) is 1.23. The molecule has 0 aromatic heterocycles. The predicted octanol–water partition coefficient (Wildman–Crippen LogP) is 2.96. The number of carbonyl (C=O) groups excluding carboxylic acids is 1. The molecule has 0 unspecified atom stereocenters. The summed E-state index contributed by atoms with van der Waals surface area (Å²) in [6.07, 6.45) is 1.14. The van der Waals surface area contributed by atoms with E-state index in [1.54, 1.807) is 13.2 Å². The molecule has 1 amide bonds. The maximum Gasteiger partial charge on any atom is 0.224 e. The highest BCUT2D eigenvalue weighted by molar-refractivity contribution is 6.18. The first-order valence-corrected chi connectivity index (χ1v) is 5.70. The Hall–Kier alpha value is -1.22. The number of hydrogen-bond acceptors (Lipinski definition) is 2. The third-order valence-electron chi connectivity index (χ3n) is 2.11. The van der Waals surface area contributed by atoms with Crippen molar-refractivity contribution < 1.29 is 9.53 Å². The molecule has 0 heterocycles. The van der Waals surface area contributed by atoms with E-state index in [1.807, 2.05) is 19.1 Å². The fourth-order valence-corrected chi connectivity index (χ4v) is 1.52. The van der Waals surface area contributed by atoms with Crippen molar-refractivity contribution in [2.75, 3.05) is 18.3 Å². The van der Waals surface area contributed by atoms with Crippen molar-refractivity contribution >= 4 is 23.2 Å². The number of aryl methyl sites for hydroxylation is 1. The van der Waals surface area contributed by atoms with Crippen LogP contribution in [0.5, 0.6) is 5.75 Å². The molecule has 0 fully saturated rings. The van der Waals surface area contributed by atoms with Crippen LogP contribution in [-0.2, 0) is 4.79 Å². The van der Waals surface area contributed by atoms with E-state index in [9.17, 15) is 4.79 Å². The van der Waals surface area contributed by atoms with E-state index in [2.05, 4.69) is 5.32 Å². The van der Waals surface area contributed by atoms with Crippen molar-refractivity contribution in [2.24, 2.45) is 0 Å². The van der Waals surface area contributed by atoms with Gasteiger partial charge in [0.2, 0.25) is 5.91 Å². The summed E-state index contributed by atoms with van der Waals surface area (Å²) >= 11 is 5.52. The van der Waals surface area contributed by atoms with Gasteiger partial charge in [-0.15, -0.1) is 11.6 Å². The molecule has 1 rings (SSSR count). The second-order valence-corrected chi connectivity index (χ2v) is 3.96. The van der Waals surface area contributed by atoms with Crippen molar-refractivity contribution in [3.05, 3.63) is 23.8 Å². The van der Waals surface area contributed by atoms with Gasteiger partial charge in [0.15, 0.2) is 0 Å². The second-order valence-electron chi connectivity index (χ2n) is 3.58. The molecule has 0 aliphatic rings. The summed E-state index contributed by atoms with van der Waals surface area (Å²) in [5.41, 5.74) is 1.81. The summed E-state index contributed by atoms with van der Waals surface area (Å²) in [6, 6.07) is 5.61. The lowest BCUT2D eigenvalue weighted by Crippen LogP contribution is -2.11. The topological polar surface area (TPSA) is 38.3 Å². The minimum atomic E-state index is -0.0201. The van der Waals surface area contributed by atoms with Gasteiger partial charge >= 0.3 is 0 Å². The fourth-order valence-electron chi connectivity index (χ4n) is 1.39. The van der Waals surface area contributed by atoms with Crippen LogP contribution < -0.4 is 10.1 Å². The Labute approximate surface area is 101 Å². The molecular weight excluding hydrogens is 226 g/mol. The smallest absolute Gasteiger partial charge is 0.224 e. The lowest BCUT2D eigenvalue weighted by molar-refractivity contribution is -0.116. The Kier molecular flexibility index (Phi) is 5.12. The number of methoxy groups -OCH3 is 1. The van der Waals surface area contributed by atoms with E-state index in [4.69, 9.17) is 16.3 Å². The van der Waals surface area contributed by atoms with E-state index in [0.717, 1.165) is 17.0 Å². The van der Waals surface area contributed by atoms with E-state index in [1.165, 1.54) is 0 Å². The van der Waals surface area contributed by atoms with Crippen molar-refractivity contribution in [1.29, 1.82) is 0 Å². The number of carbonyl (C=O) groups is 1. The van der Waals surface area contributed by atoms with Gasteiger partial charge in [0, 0.05) is 24.1 Å². The molecule has 0 aliphatic heterocycles. The van der Waals surface area contributed by atoms with Gasteiger partial charge in [0.05, 0.1) is 7.11 Å². The van der Waals surface area contributed by atoms with E-state index < -0.39 is 0 Å². The maximum atomic E-state index is 11.5. The largest absolute Gasteiger partial charge is 0.497 e. The second kappa shape index (κ2) is 6.38. The molecule has 1 N–H and O–H groups in total. The van der Waals surface area contributed by atoms with Gasteiger partial charge in [-0.3, -0.25) is 4.79 Å². The summed E-state index contributed by atoms with van der Waals surface area (Å²) in [7, 11) is 1.61. The SMILES string of the molecule is COc1cc(C)cc(NC(=O)CCCCl)c1. The van der Waals surface area contributed by atoms with E-state index in [-0.39, 0.29) is 5.91 Å². The van der Waals surface area contributed by atoms with Crippen LogP contribution in [0.1, 0.15) is 18.4 Å². The number of halogens is 1. The van der Waals surface area contributed by atoms with Gasteiger partial charge in [-0.1, -0.05) is 0 Å². The maximum absolute atomic E-state index is 11.5. The number of rotatable bonds is 5. The average Bonchev–Trinajstić information content (AvgIpc) is 2.25. The number of hydrogen-bond donors (Lipinski definition) is 1. The minimum Gasteiger partial charge on any atom is -0.497 e. The molecule has 0 atom stereocenters. The number of amides is 1. The first kappa shape index (κ1) is 12.8.